The Bertz CT molecular complexity index is 28.9. The zero-order valence-corrected chi connectivity index (χ0v) is 4.52. The van der Waals surface area contributed by atoms with Crippen molar-refractivity contribution >= 4 is 0 Å². The van der Waals surface area contributed by atoms with Crippen LogP contribution in [0.3, 0.4) is 0 Å². The Morgan fingerprint density at radius 3 is 2.71 bits per heavy atom. The first-order chi connectivity index (χ1) is 3.41. The minimum atomic E-state index is 0.590. The third kappa shape index (κ3) is 5.88. The Morgan fingerprint density at radius 2 is 2.29 bits per heavy atom. The lowest BCUT2D eigenvalue weighted by atomic mass is 10.4. The monoisotopic (exact) mass is 105 g/mol. The van der Waals surface area contributed by atoms with E-state index >= 15 is 0 Å². The summed E-state index contributed by atoms with van der Waals surface area (Å²) in [7, 11) is 0. The molecule has 0 spiro atoms. The van der Waals surface area contributed by atoms with Crippen LogP contribution in [0.15, 0.2) is 0 Å². The highest BCUT2D eigenvalue weighted by Crippen LogP contribution is 1.84. The molecule has 0 unspecified atom stereocenters. The molecule has 0 aromatic rings. The smallest absolute Gasteiger partial charge is 0.0842 e. The third-order valence-corrected chi connectivity index (χ3v) is 0.649. The van der Waals surface area contributed by atoms with Gasteiger partial charge in [-0.2, -0.15) is 5.90 Å². The van der Waals surface area contributed by atoms with Crippen molar-refractivity contribution in [2.75, 3.05) is 6.61 Å². The molecule has 0 amide bonds. The zero-order valence-electron chi connectivity index (χ0n) is 4.52. The fourth-order valence-corrected chi connectivity index (χ4v) is 0.251. The Morgan fingerprint density at radius 1 is 1.57 bits per heavy atom. The van der Waals surface area contributed by atoms with Crippen LogP contribution in [0.5, 0.6) is 0 Å². The van der Waals surface area contributed by atoms with Gasteiger partial charge in [-0.1, -0.05) is 13.3 Å². The van der Waals surface area contributed by atoms with Crippen LogP contribution in [0.4, 0.5) is 0 Å². The second kappa shape index (κ2) is 5.88. The molecule has 0 bridgehead atoms. The highest BCUT2D eigenvalue weighted by atomic mass is 17.3. The van der Waals surface area contributed by atoms with Gasteiger partial charge in [-0.25, -0.2) is 4.89 Å². The first kappa shape index (κ1) is 6.88. The molecule has 7 heavy (non-hydrogen) atoms. The van der Waals surface area contributed by atoms with E-state index in [1.165, 1.54) is 0 Å². The average Bonchev–Trinajstić information content (AvgIpc) is 1.69. The summed E-state index contributed by atoms with van der Waals surface area (Å²) in [5, 5.41) is 0. The van der Waals surface area contributed by atoms with Crippen molar-refractivity contribution in [1.82, 2.24) is 0 Å². The topological polar surface area (TPSA) is 44.5 Å². The molecule has 0 saturated carbocycles. The SMILES string of the molecule is CCCCOON. The molecule has 0 aliphatic carbocycles. The lowest BCUT2D eigenvalue weighted by Gasteiger charge is -1.92. The van der Waals surface area contributed by atoms with Crippen LogP contribution in [0.2, 0.25) is 0 Å². The summed E-state index contributed by atoms with van der Waals surface area (Å²) in [6.45, 7) is 2.66. The van der Waals surface area contributed by atoms with Gasteiger partial charge in [-0.15, -0.1) is 4.99 Å². The molecule has 3 nitrogen and oxygen atoms in total. The third-order valence-electron chi connectivity index (χ3n) is 0.649. The predicted octanol–water partition coefficient (Wildman–Crippen LogP) is 0.608. The summed E-state index contributed by atoms with van der Waals surface area (Å²) in [4.78, 5) is 8.20. The van der Waals surface area contributed by atoms with E-state index in [0.29, 0.717) is 6.61 Å². The van der Waals surface area contributed by atoms with E-state index in [-0.39, 0.29) is 0 Å². The Kier molecular flexibility index (Phi) is 5.78. The maximum Gasteiger partial charge on any atom is 0.0842 e. The van der Waals surface area contributed by atoms with Crippen molar-refractivity contribution in [2.24, 2.45) is 5.90 Å². The molecular weight excluding hydrogens is 94.0 g/mol. The highest BCUT2D eigenvalue weighted by Gasteiger charge is 1.80. The Balaban J connectivity index is 2.45. The van der Waals surface area contributed by atoms with Gasteiger partial charge in [0.05, 0.1) is 6.61 Å². The largest absolute Gasteiger partial charge is 0.218 e. The van der Waals surface area contributed by atoms with Crippen LogP contribution in [0, 0.1) is 0 Å². The molecule has 0 heterocycles. The fourth-order valence-electron chi connectivity index (χ4n) is 0.251. The number of hydrogen-bond donors (Lipinski definition) is 1. The molecule has 0 aliphatic rings. The normalized spacial score (nSPS) is 9.43. The van der Waals surface area contributed by atoms with Gasteiger partial charge in [0.2, 0.25) is 0 Å². The van der Waals surface area contributed by atoms with Crippen LogP contribution in [-0.4, -0.2) is 6.61 Å². The molecule has 0 radical (unpaired) electrons. The van der Waals surface area contributed by atoms with Gasteiger partial charge in [0, 0.05) is 0 Å². The molecule has 0 aromatic heterocycles. The lowest BCUT2D eigenvalue weighted by Crippen LogP contribution is -2.01. The van der Waals surface area contributed by atoms with Crippen LogP contribution >= 0.6 is 0 Å². The summed E-state index contributed by atoms with van der Waals surface area (Å²) in [6, 6.07) is 0. The van der Waals surface area contributed by atoms with Crippen LogP contribution in [0.25, 0.3) is 0 Å². The molecule has 0 saturated heterocycles. The van der Waals surface area contributed by atoms with Gasteiger partial charge in [0.25, 0.3) is 0 Å². The second-order valence-corrected chi connectivity index (χ2v) is 1.27. The summed E-state index contributed by atoms with van der Waals surface area (Å²) in [5.41, 5.74) is 0. The number of hydrogen-bond acceptors (Lipinski definition) is 3. The average molecular weight is 105 g/mol. The van der Waals surface area contributed by atoms with Gasteiger partial charge in [0.1, 0.15) is 0 Å². The standard InChI is InChI=1S/C4H11NO2/c1-2-3-4-6-7-5/h2-5H2,1H3. The van der Waals surface area contributed by atoms with Gasteiger partial charge in [-0.05, 0) is 6.42 Å². The molecule has 0 fully saturated rings. The van der Waals surface area contributed by atoms with Crippen LogP contribution in [0.1, 0.15) is 19.8 Å². The van der Waals surface area contributed by atoms with Crippen molar-refractivity contribution in [3.05, 3.63) is 0 Å². The van der Waals surface area contributed by atoms with Crippen molar-refractivity contribution in [2.45, 2.75) is 19.8 Å². The Hall–Kier alpha value is -0.120. The number of rotatable bonds is 4. The highest BCUT2D eigenvalue weighted by molar-refractivity contribution is 4.25. The summed E-state index contributed by atoms with van der Waals surface area (Å²) in [5.74, 6) is 4.55. The first-order valence-electron chi connectivity index (χ1n) is 2.40. The van der Waals surface area contributed by atoms with E-state index in [1.807, 2.05) is 0 Å². The van der Waals surface area contributed by atoms with Gasteiger partial charge < -0.3 is 0 Å². The second-order valence-electron chi connectivity index (χ2n) is 1.27. The molecule has 0 rings (SSSR count). The van der Waals surface area contributed by atoms with E-state index in [4.69, 9.17) is 0 Å². The zero-order chi connectivity index (χ0) is 5.54. The fraction of sp³-hybridized carbons (Fsp3) is 1.00. The molecule has 0 aliphatic heterocycles. The predicted molar refractivity (Wildman–Crippen MR) is 26.1 cm³/mol. The van der Waals surface area contributed by atoms with Crippen molar-refractivity contribution in [1.29, 1.82) is 0 Å². The lowest BCUT2D eigenvalue weighted by molar-refractivity contribution is -0.299. The Labute approximate surface area is 43.3 Å². The van der Waals surface area contributed by atoms with Gasteiger partial charge >= 0.3 is 0 Å². The minimum absolute atomic E-state index is 0.590. The number of unbranched alkanes of at least 4 members (excludes halogenated alkanes) is 1. The molecule has 2 N–H and O–H groups in total. The quantitative estimate of drug-likeness (QED) is 0.323. The van der Waals surface area contributed by atoms with Gasteiger partial charge in [0.15, 0.2) is 0 Å². The van der Waals surface area contributed by atoms with Crippen molar-refractivity contribution in [3.63, 3.8) is 0 Å². The van der Waals surface area contributed by atoms with E-state index < -0.39 is 0 Å². The van der Waals surface area contributed by atoms with E-state index in [9.17, 15) is 0 Å². The maximum atomic E-state index is 4.55. The molecule has 0 atom stereocenters. The van der Waals surface area contributed by atoms with E-state index in [0.717, 1.165) is 12.8 Å². The summed E-state index contributed by atoms with van der Waals surface area (Å²) < 4.78 is 0. The van der Waals surface area contributed by atoms with Crippen molar-refractivity contribution in [3.8, 4) is 0 Å². The molecule has 44 valence electrons. The molecule has 3 heteroatoms. The van der Waals surface area contributed by atoms with E-state index in [2.05, 4.69) is 22.7 Å². The van der Waals surface area contributed by atoms with Crippen LogP contribution < -0.4 is 5.90 Å². The maximum absolute atomic E-state index is 4.55. The molecule has 0 aromatic carbocycles. The minimum Gasteiger partial charge on any atom is -0.218 e. The number of nitrogens with two attached hydrogens (primary N) is 1. The first-order valence-corrected chi connectivity index (χ1v) is 2.40. The summed E-state index contributed by atoms with van der Waals surface area (Å²) in [6.07, 6.45) is 2.10. The van der Waals surface area contributed by atoms with Crippen LogP contribution in [-0.2, 0) is 9.88 Å². The van der Waals surface area contributed by atoms with E-state index in [1.54, 1.807) is 0 Å². The van der Waals surface area contributed by atoms with Crippen molar-refractivity contribution < 1.29 is 9.88 Å². The molecular formula is C4H11NO2. The summed E-state index contributed by atoms with van der Waals surface area (Å²) >= 11 is 0. The van der Waals surface area contributed by atoms with Gasteiger partial charge in [-0.3, -0.25) is 0 Å².